The predicted octanol–water partition coefficient (Wildman–Crippen LogP) is 9.07. The van der Waals surface area contributed by atoms with Gasteiger partial charge in [0, 0.05) is 5.56 Å². The van der Waals surface area contributed by atoms with E-state index in [0.717, 1.165) is 41.9 Å². The van der Waals surface area contributed by atoms with Crippen molar-refractivity contribution < 1.29 is 0 Å². The molecule has 1 saturated carbocycles. The van der Waals surface area contributed by atoms with Crippen molar-refractivity contribution in [3.63, 3.8) is 0 Å². The molecule has 0 atom stereocenters. The van der Waals surface area contributed by atoms with Crippen LogP contribution in [-0.4, -0.2) is 0 Å². The van der Waals surface area contributed by atoms with E-state index in [4.69, 9.17) is 0 Å². The molecule has 174 valence electrons. The SMILES string of the molecule is CCCCCC[C@H]1CC[C@H](c2ccc(-c3ccc(CCCCC)cc3)c(C#N)c2C#N)CC1. The molecule has 3 rings (SSSR count). The summed E-state index contributed by atoms with van der Waals surface area (Å²) in [6.45, 7) is 4.49. The fourth-order valence-corrected chi connectivity index (χ4v) is 5.49. The van der Waals surface area contributed by atoms with Gasteiger partial charge in [-0.15, -0.1) is 0 Å². The maximum atomic E-state index is 10.0. The van der Waals surface area contributed by atoms with Gasteiger partial charge < -0.3 is 0 Å². The number of benzene rings is 2. The highest BCUT2D eigenvalue weighted by atomic mass is 14.3. The molecule has 2 aromatic carbocycles. The van der Waals surface area contributed by atoms with Crippen molar-refractivity contribution in [1.82, 2.24) is 0 Å². The van der Waals surface area contributed by atoms with Crippen LogP contribution in [0.1, 0.15) is 119 Å². The van der Waals surface area contributed by atoms with E-state index in [-0.39, 0.29) is 0 Å². The van der Waals surface area contributed by atoms with Gasteiger partial charge in [-0.1, -0.05) is 95.2 Å². The molecule has 0 heterocycles. The second kappa shape index (κ2) is 13.2. The third-order valence-electron chi connectivity index (χ3n) is 7.55. The second-order valence-electron chi connectivity index (χ2n) is 9.90. The van der Waals surface area contributed by atoms with Gasteiger partial charge in [0.15, 0.2) is 0 Å². The summed E-state index contributed by atoms with van der Waals surface area (Å²) in [5.74, 6) is 1.25. The molecule has 2 nitrogen and oxygen atoms in total. The van der Waals surface area contributed by atoms with E-state index in [2.05, 4.69) is 62.4 Å². The molecule has 0 spiro atoms. The highest BCUT2D eigenvalue weighted by Crippen LogP contribution is 2.41. The Kier molecular flexibility index (Phi) is 10.0. The highest BCUT2D eigenvalue weighted by molar-refractivity contribution is 5.75. The Morgan fingerprint density at radius 2 is 1.39 bits per heavy atom. The number of unbranched alkanes of at least 4 members (excludes halogenated alkanes) is 5. The number of nitriles is 2. The van der Waals surface area contributed by atoms with Crippen LogP contribution in [0.25, 0.3) is 11.1 Å². The molecule has 1 fully saturated rings. The summed E-state index contributed by atoms with van der Waals surface area (Å²) in [5, 5.41) is 20.0. The predicted molar refractivity (Wildman–Crippen MR) is 138 cm³/mol. The molecular weight excluding hydrogens is 400 g/mol. The number of rotatable bonds is 11. The van der Waals surface area contributed by atoms with Gasteiger partial charge in [-0.05, 0) is 67.1 Å². The van der Waals surface area contributed by atoms with Gasteiger partial charge in [-0.2, -0.15) is 10.5 Å². The first-order valence-corrected chi connectivity index (χ1v) is 13.3. The molecule has 2 aromatic rings. The fraction of sp³-hybridized carbons (Fsp3) is 0.548. The van der Waals surface area contributed by atoms with Gasteiger partial charge in [0.1, 0.15) is 12.1 Å². The summed E-state index contributed by atoms with van der Waals surface area (Å²) in [4.78, 5) is 0. The molecule has 1 aliphatic carbocycles. The molecule has 0 radical (unpaired) electrons. The molecule has 0 unspecified atom stereocenters. The lowest BCUT2D eigenvalue weighted by atomic mass is 9.75. The third kappa shape index (κ3) is 6.71. The van der Waals surface area contributed by atoms with Crippen molar-refractivity contribution in [2.75, 3.05) is 0 Å². The number of hydrogen-bond acceptors (Lipinski definition) is 2. The zero-order valence-corrected chi connectivity index (χ0v) is 20.7. The van der Waals surface area contributed by atoms with Crippen molar-refractivity contribution in [2.45, 2.75) is 103 Å². The van der Waals surface area contributed by atoms with E-state index < -0.39 is 0 Å². The van der Waals surface area contributed by atoms with E-state index in [0.29, 0.717) is 17.0 Å². The number of nitrogens with zero attached hydrogens (tertiary/aromatic N) is 2. The first-order chi connectivity index (χ1) is 16.2. The minimum Gasteiger partial charge on any atom is -0.192 e. The second-order valence-corrected chi connectivity index (χ2v) is 9.90. The maximum absolute atomic E-state index is 10.0. The topological polar surface area (TPSA) is 47.6 Å². The highest BCUT2D eigenvalue weighted by Gasteiger charge is 2.26. The molecule has 0 bridgehead atoms. The van der Waals surface area contributed by atoms with E-state index in [1.54, 1.807) is 0 Å². The lowest BCUT2D eigenvalue weighted by molar-refractivity contribution is 0.302. The van der Waals surface area contributed by atoms with Gasteiger partial charge in [0.2, 0.25) is 0 Å². The fourth-order valence-electron chi connectivity index (χ4n) is 5.49. The van der Waals surface area contributed by atoms with Crippen LogP contribution in [-0.2, 0) is 6.42 Å². The normalized spacial score (nSPS) is 17.9. The van der Waals surface area contributed by atoms with Crippen LogP contribution < -0.4 is 0 Å². The molecule has 0 saturated heterocycles. The van der Waals surface area contributed by atoms with Crippen molar-refractivity contribution in [3.8, 4) is 23.3 Å². The first-order valence-electron chi connectivity index (χ1n) is 13.3. The Bertz CT molecular complexity index is 950. The summed E-state index contributed by atoms with van der Waals surface area (Å²) in [6.07, 6.45) is 16.3. The molecule has 0 aromatic heterocycles. The van der Waals surface area contributed by atoms with Crippen molar-refractivity contribution >= 4 is 0 Å². The van der Waals surface area contributed by atoms with Gasteiger partial charge in [-0.3, -0.25) is 0 Å². The van der Waals surface area contributed by atoms with Crippen molar-refractivity contribution in [3.05, 3.63) is 58.7 Å². The molecule has 0 amide bonds. The standard InChI is InChI=1S/C31H40N2/c1-3-5-7-9-11-25-14-18-27(19-15-25)29-21-20-28(30(22-32)31(29)23-33)26-16-12-24(13-17-26)10-8-6-4-2/h12-13,16-17,20-21,25,27H,3-11,14-15,18-19H2,1-2H3/t25-,27-. The summed E-state index contributed by atoms with van der Waals surface area (Å²) < 4.78 is 0. The van der Waals surface area contributed by atoms with Crippen LogP contribution in [0.3, 0.4) is 0 Å². The molecule has 1 aliphatic rings. The van der Waals surface area contributed by atoms with Gasteiger partial charge in [0.25, 0.3) is 0 Å². The molecule has 33 heavy (non-hydrogen) atoms. The Morgan fingerprint density at radius 1 is 0.727 bits per heavy atom. The van der Waals surface area contributed by atoms with E-state index in [9.17, 15) is 10.5 Å². The summed E-state index contributed by atoms with van der Waals surface area (Å²) in [7, 11) is 0. The Hall–Kier alpha value is -2.58. The molecule has 0 N–H and O–H groups in total. The number of hydrogen-bond donors (Lipinski definition) is 0. The Balaban J connectivity index is 1.72. The minimum atomic E-state index is 0.411. The van der Waals surface area contributed by atoms with E-state index in [1.165, 1.54) is 69.8 Å². The Morgan fingerprint density at radius 3 is 2.03 bits per heavy atom. The average Bonchev–Trinajstić information content (AvgIpc) is 2.86. The van der Waals surface area contributed by atoms with Gasteiger partial charge >= 0.3 is 0 Å². The largest absolute Gasteiger partial charge is 0.192 e. The van der Waals surface area contributed by atoms with Crippen LogP contribution >= 0.6 is 0 Å². The first kappa shape index (κ1) is 25.1. The lowest BCUT2D eigenvalue weighted by Gasteiger charge is -2.29. The average molecular weight is 441 g/mol. The smallest absolute Gasteiger partial charge is 0.101 e. The van der Waals surface area contributed by atoms with Crippen LogP contribution in [0.4, 0.5) is 0 Å². The van der Waals surface area contributed by atoms with Crippen LogP contribution in [0.15, 0.2) is 36.4 Å². The zero-order valence-electron chi connectivity index (χ0n) is 20.7. The molecular formula is C31H40N2. The van der Waals surface area contributed by atoms with E-state index in [1.807, 2.05) is 0 Å². The summed E-state index contributed by atoms with van der Waals surface area (Å²) in [5.41, 5.74) is 5.52. The minimum absolute atomic E-state index is 0.411. The van der Waals surface area contributed by atoms with Gasteiger partial charge in [0.05, 0.1) is 11.1 Å². The molecule has 2 heteroatoms. The monoisotopic (exact) mass is 440 g/mol. The van der Waals surface area contributed by atoms with Crippen LogP contribution in [0, 0.1) is 28.6 Å². The number of aryl methyl sites for hydroxylation is 1. The molecule has 0 aliphatic heterocycles. The zero-order chi connectivity index (χ0) is 23.5. The van der Waals surface area contributed by atoms with Crippen molar-refractivity contribution in [2.24, 2.45) is 5.92 Å². The summed E-state index contributed by atoms with van der Waals surface area (Å²) in [6, 6.07) is 17.6. The lowest BCUT2D eigenvalue weighted by Crippen LogP contribution is -2.15. The quantitative estimate of drug-likeness (QED) is 0.327. The third-order valence-corrected chi connectivity index (χ3v) is 7.55. The van der Waals surface area contributed by atoms with Crippen LogP contribution in [0.2, 0.25) is 0 Å². The van der Waals surface area contributed by atoms with Crippen LogP contribution in [0.5, 0.6) is 0 Å². The maximum Gasteiger partial charge on any atom is 0.101 e. The van der Waals surface area contributed by atoms with E-state index >= 15 is 0 Å². The van der Waals surface area contributed by atoms with Crippen molar-refractivity contribution in [1.29, 1.82) is 10.5 Å². The summed E-state index contributed by atoms with van der Waals surface area (Å²) >= 11 is 0. The Labute approximate surface area is 201 Å². The van der Waals surface area contributed by atoms with Gasteiger partial charge in [-0.25, -0.2) is 0 Å².